The lowest BCUT2D eigenvalue weighted by Gasteiger charge is -2.16. The van der Waals surface area contributed by atoms with E-state index in [4.69, 9.17) is 10.5 Å². The number of hydrogen-bond acceptors (Lipinski definition) is 3. The Morgan fingerprint density at radius 1 is 1.14 bits per heavy atom. The third-order valence-corrected chi connectivity index (χ3v) is 4.79. The topological polar surface area (TPSA) is 81.3 Å². The molecule has 0 aliphatic heterocycles. The second-order valence-corrected chi connectivity index (χ2v) is 7.30. The molecule has 0 aliphatic carbocycles. The van der Waals surface area contributed by atoms with E-state index in [-0.39, 0.29) is 12.1 Å². The lowest BCUT2D eigenvalue weighted by atomic mass is 10.1. The normalized spacial score (nSPS) is 11.1. The molecule has 154 valence electrons. The summed E-state index contributed by atoms with van der Waals surface area (Å²) < 4.78 is 7.90. The van der Waals surface area contributed by atoms with Crippen molar-refractivity contribution in [3.05, 3.63) is 42.5 Å². The molecule has 0 radical (unpaired) electrons. The number of nitrogens with two attached hydrogens (primary N) is 1. The zero-order chi connectivity index (χ0) is 21.0. The number of aromatic nitrogens is 1. The molecule has 2 aromatic carbocycles. The SMILES string of the molecule is CCCNC(=O)Nc1ccc(-c2c(N)c3cc(OCC)ccc3n2C(C)C)cc1. The maximum atomic E-state index is 11.9. The summed E-state index contributed by atoms with van der Waals surface area (Å²) in [7, 11) is 0. The van der Waals surface area contributed by atoms with Crippen molar-refractivity contribution < 1.29 is 9.53 Å². The molecule has 3 aromatic rings. The molecule has 29 heavy (non-hydrogen) atoms. The summed E-state index contributed by atoms with van der Waals surface area (Å²) in [5.41, 5.74) is 11.1. The highest BCUT2D eigenvalue weighted by Crippen LogP contribution is 2.40. The minimum atomic E-state index is -0.195. The van der Waals surface area contributed by atoms with Crippen LogP contribution in [-0.2, 0) is 0 Å². The number of nitrogens with one attached hydrogen (secondary N) is 2. The van der Waals surface area contributed by atoms with E-state index in [0.29, 0.717) is 13.2 Å². The average molecular weight is 395 g/mol. The zero-order valence-corrected chi connectivity index (χ0v) is 17.6. The molecule has 6 nitrogen and oxygen atoms in total. The number of hydrogen-bond donors (Lipinski definition) is 3. The number of benzene rings is 2. The van der Waals surface area contributed by atoms with E-state index in [0.717, 1.165) is 45.7 Å². The summed E-state index contributed by atoms with van der Waals surface area (Å²) in [5, 5.41) is 6.65. The molecule has 0 spiro atoms. The van der Waals surface area contributed by atoms with Gasteiger partial charge in [-0.2, -0.15) is 0 Å². The van der Waals surface area contributed by atoms with E-state index in [9.17, 15) is 4.79 Å². The number of nitrogens with zero attached hydrogens (tertiary/aromatic N) is 1. The van der Waals surface area contributed by atoms with Gasteiger partial charge in [-0.15, -0.1) is 0 Å². The summed E-state index contributed by atoms with van der Waals surface area (Å²) in [6.07, 6.45) is 0.899. The molecule has 0 saturated carbocycles. The predicted molar refractivity (Wildman–Crippen MR) is 121 cm³/mol. The Balaban J connectivity index is 1.99. The van der Waals surface area contributed by atoms with Gasteiger partial charge in [-0.25, -0.2) is 4.79 Å². The molecule has 0 bridgehead atoms. The average Bonchev–Trinajstić information content (AvgIpc) is 3.00. The smallest absolute Gasteiger partial charge is 0.319 e. The van der Waals surface area contributed by atoms with Gasteiger partial charge >= 0.3 is 6.03 Å². The number of nitrogen functional groups attached to an aromatic ring is 1. The summed E-state index contributed by atoms with van der Waals surface area (Å²) in [6.45, 7) is 9.54. The lowest BCUT2D eigenvalue weighted by Crippen LogP contribution is -2.29. The van der Waals surface area contributed by atoms with Gasteiger partial charge in [0.15, 0.2) is 0 Å². The van der Waals surface area contributed by atoms with Crippen LogP contribution in [0.3, 0.4) is 0 Å². The molecule has 2 amide bonds. The number of anilines is 2. The highest BCUT2D eigenvalue weighted by atomic mass is 16.5. The van der Waals surface area contributed by atoms with Crippen LogP contribution >= 0.6 is 0 Å². The highest BCUT2D eigenvalue weighted by Gasteiger charge is 2.19. The fraction of sp³-hybridized carbons (Fsp3) is 0.348. The molecule has 6 heteroatoms. The van der Waals surface area contributed by atoms with Crippen molar-refractivity contribution in [3.63, 3.8) is 0 Å². The molecule has 0 fully saturated rings. The Labute approximate surface area is 172 Å². The number of carbonyl (C=O) groups excluding carboxylic acids is 1. The largest absolute Gasteiger partial charge is 0.494 e. The van der Waals surface area contributed by atoms with E-state index in [2.05, 4.69) is 35.1 Å². The molecular weight excluding hydrogens is 364 g/mol. The molecule has 3 rings (SSSR count). The predicted octanol–water partition coefficient (Wildman–Crippen LogP) is 5.40. The standard InChI is InChI=1S/C23H30N4O2/c1-5-13-25-23(28)26-17-9-7-16(8-10-17)22-21(24)19-14-18(29-6-2)11-12-20(19)27(22)15(3)4/h7-12,14-15H,5-6,13,24H2,1-4H3,(H2,25,26,28). The fourth-order valence-electron chi connectivity index (χ4n) is 3.53. The van der Waals surface area contributed by atoms with E-state index < -0.39 is 0 Å². The van der Waals surface area contributed by atoms with Crippen LogP contribution in [0, 0.1) is 0 Å². The Hall–Kier alpha value is -3.15. The van der Waals surface area contributed by atoms with Gasteiger partial charge in [0.05, 0.1) is 23.5 Å². The molecular formula is C23H30N4O2. The first-order chi connectivity index (χ1) is 14.0. The zero-order valence-electron chi connectivity index (χ0n) is 17.6. The molecule has 0 atom stereocenters. The van der Waals surface area contributed by atoms with Gasteiger partial charge < -0.3 is 25.7 Å². The summed E-state index contributed by atoms with van der Waals surface area (Å²) in [4.78, 5) is 11.9. The van der Waals surface area contributed by atoms with Gasteiger partial charge in [0, 0.05) is 29.2 Å². The molecule has 4 N–H and O–H groups in total. The number of ether oxygens (including phenoxy) is 1. The van der Waals surface area contributed by atoms with E-state index in [1.165, 1.54) is 0 Å². The van der Waals surface area contributed by atoms with Gasteiger partial charge in [-0.05, 0) is 57.5 Å². The van der Waals surface area contributed by atoms with Crippen LogP contribution in [0.5, 0.6) is 5.75 Å². The van der Waals surface area contributed by atoms with Crippen LogP contribution in [-0.4, -0.2) is 23.7 Å². The first-order valence-corrected chi connectivity index (χ1v) is 10.2. The molecule has 0 aliphatic rings. The minimum absolute atomic E-state index is 0.195. The quantitative estimate of drug-likeness (QED) is 0.502. The van der Waals surface area contributed by atoms with Crippen LogP contribution in [0.25, 0.3) is 22.2 Å². The van der Waals surface area contributed by atoms with Crippen LogP contribution < -0.4 is 21.1 Å². The van der Waals surface area contributed by atoms with Gasteiger partial charge in [0.1, 0.15) is 5.75 Å². The number of carbonyl (C=O) groups is 1. The van der Waals surface area contributed by atoms with Gasteiger partial charge in [0.2, 0.25) is 0 Å². The summed E-state index contributed by atoms with van der Waals surface area (Å²) in [6, 6.07) is 13.9. The van der Waals surface area contributed by atoms with E-state index >= 15 is 0 Å². The summed E-state index contributed by atoms with van der Waals surface area (Å²) >= 11 is 0. The Kier molecular flexibility index (Phi) is 6.32. The molecule has 1 aromatic heterocycles. The van der Waals surface area contributed by atoms with Crippen molar-refractivity contribution in [2.45, 2.75) is 40.2 Å². The van der Waals surface area contributed by atoms with E-state index in [1.807, 2.05) is 50.2 Å². The third kappa shape index (κ3) is 4.31. The number of amides is 2. The first kappa shape index (κ1) is 20.6. The van der Waals surface area contributed by atoms with Crippen molar-refractivity contribution in [3.8, 4) is 17.0 Å². The van der Waals surface area contributed by atoms with Gasteiger partial charge in [-0.3, -0.25) is 0 Å². The number of fused-ring (bicyclic) bond motifs is 1. The van der Waals surface area contributed by atoms with Gasteiger partial charge in [0.25, 0.3) is 0 Å². The van der Waals surface area contributed by atoms with Crippen LogP contribution in [0.1, 0.15) is 40.2 Å². The lowest BCUT2D eigenvalue weighted by molar-refractivity contribution is 0.252. The minimum Gasteiger partial charge on any atom is -0.494 e. The maximum Gasteiger partial charge on any atom is 0.319 e. The number of rotatable bonds is 7. The second kappa shape index (κ2) is 8.90. The molecule has 0 saturated heterocycles. The van der Waals surface area contributed by atoms with E-state index in [1.54, 1.807) is 0 Å². The van der Waals surface area contributed by atoms with Crippen molar-refractivity contribution in [1.82, 2.24) is 9.88 Å². The molecule has 0 unspecified atom stereocenters. The first-order valence-electron chi connectivity index (χ1n) is 10.2. The monoisotopic (exact) mass is 394 g/mol. The van der Waals surface area contributed by atoms with Crippen molar-refractivity contribution in [1.29, 1.82) is 0 Å². The van der Waals surface area contributed by atoms with Gasteiger partial charge in [-0.1, -0.05) is 19.1 Å². The number of urea groups is 1. The second-order valence-electron chi connectivity index (χ2n) is 7.30. The van der Waals surface area contributed by atoms with Crippen molar-refractivity contribution in [2.24, 2.45) is 0 Å². The maximum absolute atomic E-state index is 11.9. The van der Waals surface area contributed by atoms with Crippen molar-refractivity contribution >= 4 is 28.3 Å². The van der Waals surface area contributed by atoms with Crippen molar-refractivity contribution in [2.75, 3.05) is 24.2 Å². The Morgan fingerprint density at radius 2 is 1.86 bits per heavy atom. The highest BCUT2D eigenvalue weighted by molar-refractivity contribution is 6.02. The molecule has 1 heterocycles. The Morgan fingerprint density at radius 3 is 2.48 bits per heavy atom. The summed E-state index contributed by atoms with van der Waals surface area (Å²) in [5.74, 6) is 0.816. The Bertz CT molecular complexity index is 990. The van der Waals surface area contributed by atoms with Crippen LogP contribution in [0.15, 0.2) is 42.5 Å². The third-order valence-electron chi connectivity index (χ3n) is 4.79. The fourth-order valence-corrected chi connectivity index (χ4v) is 3.53. The van der Waals surface area contributed by atoms with Crippen LogP contribution in [0.2, 0.25) is 0 Å². The van der Waals surface area contributed by atoms with Crippen LogP contribution in [0.4, 0.5) is 16.2 Å².